The molecule has 0 aliphatic carbocycles. The van der Waals surface area contributed by atoms with Gasteiger partial charge in [-0.25, -0.2) is 13.2 Å². The van der Waals surface area contributed by atoms with Crippen molar-refractivity contribution < 1.29 is 68.6 Å². The zero-order valence-corrected chi connectivity index (χ0v) is 52.0. The smallest absolute Gasteiger partial charge is 0.267 e. The Morgan fingerprint density at radius 3 is 1.07 bits per heavy atom. The summed E-state index contributed by atoms with van der Waals surface area (Å²) in [7, 11) is 0. The van der Waals surface area contributed by atoms with Crippen molar-refractivity contribution in [1.82, 2.24) is 0 Å². The number of carbonyl (C=O) groups excluding carboxylic acids is 3. The number of rotatable bonds is 20. The van der Waals surface area contributed by atoms with E-state index in [0.29, 0.717) is 47.7 Å². The Hall–Kier alpha value is -12.1. The van der Waals surface area contributed by atoms with Crippen LogP contribution in [0.2, 0.25) is 0 Å². The molecule has 6 aromatic heterocycles. The number of carbonyl (C=O) groups is 3. The molecule has 0 fully saturated rings. The van der Waals surface area contributed by atoms with Gasteiger partial charge in [0.15, 0.2) is 17.3 Å². The maximum Gasteiger partial charge on any atom is 0.267 e. The summed E-state index contributed by atoms with van der Waals surface area (Å²) < 4.78 is 84.2. The number of benzene rings is 7. The van der Waals surface area contributed by atoms with Crippen molar-refractivity contribution in [3.63, 3.8) is 0 Å². The van der Waals surface area contributed by atoms with Crippen molar-refractivity contribution in [3.8, 4) is 39.5 Å². The molecular formula is C77H52BrF3O15. The fourth-order valence-corrected chi connectivity index (χ4v) is 9.97. The molecule has 0 atom stereocenters. The molecule has 0 bridgehead atoms. The monoisotopic (exact) mass is 1350 g/mol. The Labute approximate surface area is 552 Å². The van der Waals surface area contributed by atoms with Gasteiger partial charge in [0.1, 0.15) is 71.2 Å². The van der Waals surface area contributed by atoms with Crippen LogP contribution in [0.5, 0.6) is 17.2 Å². The van der Waals surface area contributed by atoms with Crippen molar-refractivity contribution in [2.75, 3.05) is 0 Å². The van der Waals surface area contributed by atoms with Crippen LogP contribution in [0.3, 0.4) is 0 Å². The average molecular weight is 1350 g/mol. The molecule has 0 unspecified atom stereocenters. The summed E-state index contributed by atoms with van der Waals surface area (Å²) in [6.07, 6.45) is 4.68. The van der Waals surface area contributed by atoms with Crippen LogP contribution in [0.4, 0.5) is 13.2 Å². The summed E-state index contributed by atoms with van der Waals surface area (Å²) in [5.74, 6) is -3.64. The number of ether oxygens (including phenoxy) is 2. The van der Waals surface area contributed by atoms with E-state index in [1.807, 2.05) is 78.9 Å². The molecule has 0 aliphatic heterocycles. The Balaban J connectivity index is 0.000000147. The lowest BCUT2D eigenvalue weighted by Gasteiger charge is -2.11. The maximum absolute atomic E-state index is 13.4. The first-order chi connectivity index (χ1) is 46.6. The minimum Gasteiger partial charge on any atom is -0.501 e. The van der Waals surface area contributed by atoms with Crippen LogP contribution in [0.1, 0.15) is 94.0 Å². The first-order valence-corrected chi connectivity index (χ1v) is 30.3. The van der Waals surface area contributed by atoms with Crippen LogP contribution < -0.4 is 25.8 Å². The minimum absolute atomic E-state index is 0.00662. The highest BCUT2D eigenvalue weighted by atomic mass is 79.9. The summed E-state index contributed by atoms with van der Waals surface area (Å²) >= 11 is 3.11. The SMILES string of the molecule is O=C(c1ccc(Cc2ccc(F)cc2)o1)c1occ(-c2ccccc2)c(=O)c1O.O=C(c1ccc(Cc2ccc(F)cc2)o1)c1occ(-c2ccccc2)c(=O)c1OCc1ccccc1.O=C(c1ccc(Cc2ccc(F)cc2)o1)c1occ(Br)c(=O)c1OCc1ccccc1. The molecule has 0 saturated heterocycles. The van der Waals surface area contributed by atoms with E-state index in [1.54, 1.807) is 97.1 Å². The number of hydrogen-bond donors (Lipinski definition) is 1. The molecule has 1 N–H and O–H groups in total. The van der Waals surface area contributed by atoms with E-state index < -0.39 is 45.1 Å². The zero-order chi connectivity index (χ0) is 67.1. The molecule has 478 valence electrons. The third kappa shape index (κ3) is 16.2. The largest absolute Gasteiger partial charge is 0.501 e. The Bertz CT molecular complexity index is 5020. The standard InChI is InChI=1S/C30H21FO5.C24H16BrFO5.C23H15FO5/c31-23-13-11-20(12-14-23)17-24-15-16-26(36-24)28(33)30-29(34-18-21-7-3-1-4-8-21)27(32)25(19-35-30)22-9-5-2-6-10-22;25-19-14-30-24(23(21(19)27)29-13-16-4-2-1-3-5-16)22(28)20-11-10-18(31-20)12-15-6-8-17(26)9-7-15;24-16-8-6-14(7-9-16)12-17-10-11-19(29-17)21(26)23-22(27)20(25)18(13-28-23)15-4-2-1-3-5-15/h1-16,19H,17-18H2;1-11,14H,12-13H2;1-11,13,27H,12H2. The average Bonchev–Trinajstić information content (AvgIpc) is 1.24. The van der Waals surface area contributed by atoms with Gasteiger partial charge in [0.2, 0.25) is 50.8 Å². The highest BCUT2D eigenvalue weighted by molar-refractivity contribution is 9.10. The molecule has 0 radical (unpaired) electrons. The van der Waals surface area contributed by atoms with Gasteiger partial charge in [-0.1, -0.05) is 158 Å². The first-order valence-electron chi connectivity index (χ1n) is 29.5. The molecule has 0 saturated carbocycles. The summed E-state index contributed by atoms with van der Waals surface area (Å²) in [5.41, 5.74) is 4.12. The summed E-state index contributed by atoms with van der Waals surface area (Å²) in [5, 5.41) is 10.2. The van der Waals surface area contributed by atoms with Crippen molar-refractivity contribution in [1.29, 1.82) is 0 Å². The molecule has 0 spiro atoms. The number of ketones is 3. The maximum atomic E-state index is 13.4. The summed E-state index contributed by atoms with van der Waals surface area (Å²) in [6, 6.07) is 63.6. The van der Waals surface area contributed by atoms with Crippen LogP contribution in [0.15, 0.2) is 295 Å². The van der Waals surface area contributed by atoms with Gasteiger partial charge in [0, 0.05) is 19.3 Å². The van der Waals surface area contributed by atoms with Gasteiger partial charge in [0.05, 0.1) is 11.1 Å². The molecule has 0 aliphatic rings. The van der Waals surface area contributed by atoms with E-state index in [2.05, 4.69) is 15.9 Å². The van der Waals surface area contributed by atoms with E-state index in [0.717, 1.165) is 40.3 Å². The Kier molecular flexibility index (Phi) is 20.8. The lowest BCUT2D eigenvalue weighted by atomic mass is 10.1. The van der Waals surface area contributed by atoms with Gasteiger partial charge in [-0.3, -0.25) is 28.8 Å². The van der Waals surface area contributed by atoms with Gasteiger partial charge in [-0.05, 0) is 128 Å². The second-order valence-corrected chi connectivity index (χ2v) is 22.2. The van der Waals surface area contributed by atoms with Gasteiger partial charge >= 0.3 is 0 Å². The van der Waals surface area contributed by atoms with E-state index in [4.69, 9.17) is 36.0 Å². The molecule has 6 heterocycles. The normalized spacial score (nSPS) is 10.8. The molecule has 0 amide bonds. The molecule has 19 heteroatoms. The number of hydrogen-bond acceptors (Lipinski definition) is 15. The van der Waals surface area contributed by atoms with Gasteiger partial charge in [0.25, 0.3) is 17.3 Å². The molecule has 7 aromatic carbocycles. The van der Waals surface area contributed by atoms with Crippen molar-refractivity contribution >= 4 is 33.3 Å². The van der Waals surface area contributed by atoms with Crippen molar-refractivity contribution in [2.24, 2.45) is 0 Å². The lowest BCUT2D eigenvalue weighted by molar-refractivity contribution is 0.0964. The summed E-state index contributed by atoms with van der Waals surface area (Å²) in [6.45, 7) is 0.175. The van der Waals surface area contributed by atoms with Crippen LogP contribution in [0, 0.1) is 17.5 Å². The fraction of sp³-hybridized carbons (Fsp3) is 0.0649. The Morgan fingerprint density at radius 2 is 0.688 bits per heavy atom. The number of aromatic hydroxyl groups is 1. The predicted octanol–water partition coefficient (Wildman–Crippen LogP) is 16.5. The topological polar surface area (TPSA) is 220 Å². The molecular weight excluding hydrogens is 1300 g/mol. The third-order valence-corrected chi connectivity index (χ3v) is 15.1. The Morgan fingerprint density at radius 1 is 0.365 bits per heavy atom. The van der Waals surface area contributed by atoms with E-state index >= 15 is 0 Å². The molecule has 15 nitrogen and oxygen atoms in total. The number of furan rings is 3. The second kappa shape index (κ2) is 30.6. The van der Waals surface area contributed by atoms with Crippen molar-refractivity contribution in [3.05, 3.63) is 382 Å². The first kappa shape index (κ1) is 65.4. The van der Waals surface area contributed by atoms with Crippen LogP contribution in [0.25, 0.3) is 22.3 Å². The predicted molar refractivity (Wildman–Crippen MR) is 351 cm³/mol. The number of halogens is 4. The van der Waals surface area contributed by atoms with E-state index in [9.17, 15) is 47.0 Å². The molecule has 13 rings (SSSR count). The van der Waals surface area contributed by atoms with Crippen LogP contribution in [-0.2, 0) is 32.5 Å². The van der Waals surface area contributed by atoms with Gasteiger partial charge in [-0.2, -0.15) is 0 Å². The van der Waals surface area contributed by atoms with E-state index in [-0.39, 0.29) is 86.6 Å². The van der Waals surface area contributed by atoms with Gasteiger partial charge < -0.3 is 41.1 Å². The van der Waals surface area contributed by atoms with E-state index in [1.165, 1.54) is 60.9 Å². The van der Waals surface area contributed by atoms with Crippen molar-refractivity contribution in [2.45, 2.75) is 32.5 Å². The highest BCUT2D eigenvalue weighted by Crippen LogP contribution is 2.29. The minimum atomic E-state index is -0.771. The van der Waals surface area contributed by atoms with Gasteiger partial charge in [-0.15, -0.1) is 0 Å². The third-order valence-electron chi connectivity index (χ3n) is 14.6. The quantitative estimate of drug-likeness (QED) is 0.0701. The molecule has 96 heavy (non-hydrogen) atoms. The van der Waals surface area contributed by atoms with Crippen LogP contribution >= 0.6 is 15.9 Å². The lowest BCUT2D eigenvalue weighted by Crippen LogP contribution is -2.16. The summed E-state index contributed by atoms with van der Waals surface area (Å²) in [4.78, 5) is 77.4. The van der Waals surface area contributed by atoms with Crippen LogP contribution in [-0.4, -0.2) is 22.5 Å². The zero-order valence-electron chi connectivity index (χ0n) is 50.4. The molecule has 13 aromatic rings. The second-order valence-electron chi connectivity index (χ2n) is 21.3. The highest BCUT2D eigenvalue weighted by Gasteiger charge is 2.29. The fourth-order valence-electron chi connectivity index (χ4n) is 9.70.